The van der Waals surface area contributed by atoms with Gasteiger partial charge >= 0.3 is 5.97 Å². The Morgan fingerprint density at radius 2 is 2.12 bits per heavy atom. The van der Waals surface area contributed by atoms with E-state index in [0.29, 0.717) is 56.1 Å². The molecule has 1 unspecified atom stereocenters. The number of amides is 1. The molecule has 0 saturated carbocycles. The molecule has 1 spiro atoms. The van der Waals surface area contributed by atoms with Gasteiger partial charge in [0.15, 0.2) is 5.82 Å². The number of tetrazole rings is 1. The van der Waals surface area contributed by atoms with Gasteiger partial charge in [-0.3, -0.25) is 4.79 Å². The third-order valence-corrected chi connectivity index (χ3v) is 6.83. The Hall–Kier alpha value is -3.22. The van der Waals surface area contributed by atoms with Crippen molar-refractivity contribution in [3.8, 4) is 5.82 Å². The van der Waals surface area contributed by atoms with Gasteiger partial charge in [-0.1, -0.05) is 6.07 Å². The number of methoxy groups -OCH3 is 1. The van der Waals surface area contributed by atoms with Crippen molar-refractivity contribution in [1.82, 2.24) is 35.0 Å². The van der Waals surface area contributed by atoms with Gasteiger partial charge in [-0.2, -0.15) is 4.68 Å². The van der Waals surface area contributed by atoms with Crippen LogP contribution in [-0.2, 0) is 19.1 Å². The number of β-amino-alcohol motifs (C(OH)–C–C–N with tert-alkyl or cyclic N) is 1. The minimum absolute atomic E-state index is 0.0125. The number of likely N-dealkylation sites (tertiary alicyclic amines) is 2. The summed E-state index contributed by atoms with van der Waals surface area (Å²) in [5.41, 5.74) is 0.666. The Labute approximate surface area is 189 Å². The molecule has 2 aromatic rings. The van der Waals surface area contributed by atoms with Crippen LogP contribution >= 0.6 is 0 Å². The molecular weight excluding hydrogens is 430 g/mol. The summed E-state index contributed by atoms with van der Waals surface area (Å²) in [6, 6.07) is 3.55. The molecule has 174 valence electrons. The first-order valence-corrected chi connectivity index (χ1v) is 10.8. The van der Waals surface area contributed by atoms with E-state index in [1.165, 1.54) is 17.1 Å². The van der Waals surface area contributed by atoms with Crippen molar-refractivity contribution in [2.24, 2.45) is 5.41 Å². The van der Waals surface area contributed by atoms with E-state index in [0.717, 1.165) is 0 Å². The number of carbonyl (C=O) groups excluding carboxylic acids is 2. The number of aliphatic hydroxyl groups excluding tert-OH is 1. The molecule has 1 amide bonds. The SMILES string of the molecule is COC1CN(C2=CC(=O)OC2)C(=O)C12CCN(C[C@@H](O)c1ccc(-n3cnnn3)nc1)CC2. The summed E-state index contributed by atoms with van der Waals surface area (Å²) in [7, 11) is 1.62. The van der Waals surface area contributed by atoms with E-state index in [1.54, 1.807) is 30.3 Å². The van der Waals surface area contributed by atoms with Gasteiger partial charge in [0.05, 0.1) is 29.9 Å². The molecule has 5 heterocycles. The number of carbonyl (C=O) groups is 2. The smallest absolute Gasteiger partial charge is 0.333 e. The van der Waals surface area contributed by atoms with E-state index in [1.807, 2.05) is 0 Å². The molecule has 12 nitrogen and oxygen atoms in total. The van der Waals surface area contributed by atoms with Crippen LogP contribution in [0.5, 0.6) is 0 Å². The molecule has 2 fully saturated rings. The lowest BCUT2D eigenvalue weighted by molar-refractivity contribution is -0.141. The normalized spacial score (nSPS) is 23.8. The summed E-state index contributed by atoms with van der Waals surface area (Å²) >= 11 is 0. The number of ether oxygens (including phenoxy) is 2. The zero-order valence-corrected chi connectivity index (χ0v) is 18.2. The molecule has 33 heavy (non-hydrogen) atoms. The highest BCUT2D eigenvalue weighted by Gasteiger charge is 2.56. The molecule has 2 saturated heterocycles. The van der Waals surface area contributed by atoms with Gasteiger partial charge in [0.25, 0.3) is 0 Å². The molecule has 2 atom stereocenters. The lowest BCUT2D eigenvalue weighted by Gasteiger charge is -2.40. The summed E-state index contributed by atoms with van der Waals surface area (Å²) in [6.45, 7) is 2.28. The highest BCUT2D eigenvalue weighted by molar-refractivity contribution is 5.91. The average molecular weight is 455 g/mol. The summed E-state index contributed by atoms with van der Waals surface area (Å²) in [6.07, 6.45) is 4.72. The second-order valence-electron chi connectivity index (χ2n) is 8.56. The quantitative estimate of drug-likeness (QED) is 0.566. The molecule has 12 heteroatoms. The van der Waals surface area contributed by atoms with E-state index in [4.69, 9.17) is 9.47 Å². The zero-order valence-electron chi connectivity index (χ0n) is 18.2. The maximum absolute atomic E-state index is 13.4. The van der Waals surface area contributed by atoms with Gasteiger partial charge in [-0.15, -0.1) is 5.10 Å². The van der Waals surface area contributed by atoms with Gasteiger partial charge < -0.3 is 24.4 Å². The van der Waals surface area contributed by atoms with Crippen LogP contribution < -0.4 is 0 Å². The third-order valence-electron chi connectivity index (χ3n) is 6.83. The molecule has 0 aliphatic carbocycles. The van der Waals surface area contributed by atoms with E-state index >= 15 is 0 Å². The van der Waals surface area contributed by atoms with Crippen LogP contribution in [0.2, 0.25) is 0 Å². The van der Waals surface area contributed by atoms with E-state index in [-0.39, 0.29) is 18.6 Å². The molecule has 5 rings (SSSR count). The number of aliphatic hydroxyl groups is 1. The summed E-state index contributed by atoms with van der Waals surface area (Å²) in [5, 5.41) is 21.7. The van der Waals surface area contributed by atoms with Gasteiger partial charge in [0.2, 0.25) is 5.91 Å². The van der Waals surface area contributed by atoms with Crippen LogP contribution in [0.3, 0.4) is 0 Å². The number of piperidine rings is 1. The average Bonchev–Trinajstić information content (AvgIpc) is 3.57. The molecule has 0 bridgehead atoms. The number of hydrogen-bond donors (Lipinski definition) is 1. The molecule has 0 radical (unpaired) electrons. The van der Waals surface area contributed by atoms with Crippen LogP contribution in [0.25, 0.3) is 5.82 Å². The van der Waals surface area contributed by atoms with Gasteiger partial charge in [0, 0.05) is 31.5 Å². The number of esters is 1. The van der Waals surface area contributed by atoms with Crippen LogP contribution in [0.1, 0.15) is 24.5 Å². The molecule has 1 N–H and O–H groups in total. The lowest BCUT2D eigenvalue weighted by atomic mass is 9.75. The second kappa shape index (κ2) is 8.61. The van der Waals surface area contributed by atoms with Crippen molar-refractivity contribution in [1.29, 1.82) is 0 Å². The van der Waals surface area contributed by atoms with Gasteiger partial charge in [0.1, 0.15) is 12.9 Å². The largest absolute Gasteiger partial charge is 0.456 e. The Balaban J connectivity index is 1.21. The number of cyclic esters (lactones) is 1. The lowest BCUT2D eigenvalue weighted by Crippen LogP contribution is -2.49. The van der Waals surface area contributed by atoms with E-state index in [9.17, 15) is 14.7 Å². The first-order valence-electron chi connectivity index (χ1n) is 10.8. The van der Waals surface area contributed by atoms with Crippen LogP contribution in [0.15, 0.2) is 36.4 Å². The Morgan fingerprint density at radius 3 is 2.73 bits per heavy atom. The summed E-state index contributed by atoms with van der Waals surface area (Å²) in [4.78, 5) is 32.9. The van der Waals surface area contributed by atoms with Crippen molar-refractivity contribution < 1.29 is 24.2 Å². The monoisotopic (exact) mass is 455 g/mol. The Bertz CT molecular complexity index is 1050. The standard InChI is InChI=1S/C21H25N7O5/c1-32-17-11-27(15-8-19(30)33-12-15)20(31)21(17)4-6-26(7-5-21)10-16(29)14-2-3-18(22-9-14)28-13-23-24-25-28/h2-3,8-9,13,16-17,29H,4-7,10-12H2,1H3/t16-,17?/m1/s1. The van der Waals surface area contributed by atoms with Crippen LogP contribution in [0.4, 0.5) is 0 Å². The molecule has 0 aromatic carbocycles. The minimum atomic E-state index is -0.713. The second-order valence-corrected chi connectivity index (χ2v) is 8.56. The fourth-order valence-electron chi connectivity index (χ4n) is 4.91. The van der Waals surface area contributed by atoms with Crippen molar-refractivity contribution >= 4 is 11.9 Å². The van der Waals surface area contributed by atoms with Crippen molar-refractivity contribution in [3.05, 3.63) is 42.0 Å². The zero-order chi connectivity index (χ0) is 23.0. The molecule has 2 aromatic heterocycles. The van der Waals surface area contributed by atoms with Crippen molar-refractivity contribution in [2.75, 3.05) is 39.9 Å². The molecule has 3 aliphatic rings. The number of rotatable bonds is 6. The first kappa shape index (κ1) is 21.6. The maximum Gasteiger partial charge on any atom is 0.333 e. The number of pyridine rings is 1. The van der Waals surface area contributed by atoms with E-state index < -0.39 is 17.5 Å². The summed E-state index contributed by atoms with van der Waals surface area (Å²) in [5.74, 6) is 0.133. The maximum atomic E-state index is 13.4. The third kappa shape index (κ3) is 3.90. The van der Waals surface area contributed by atoms with Gasteiger partial charge in [-0.25, -0.2) is 9.78 Å². The molecular formula is C21H25N7O5. The number of aromatic nitrogens is 5. The Morgan fingerprint density at radius 1 is 1.30 bits per heavy atom. The van der Waals surface area contributed by atoms with Crippen LogP contribution in [0, 0.1) is 5.41 Å². The predicted octanol–water partition coefficient (Wildman–Crippen LogP) is -0.529. The van der Waals surface area contributed by atoms with E-state index in [2.05, 4.69) is 25.4 Å². The predicted molar refractivity (Wildman–Crippen MR) is 112 cm³/mol. The summed E-state index contributed by atoms with van der Waals surface area (Å²) < 4.78 is 12.1. The van der Waals surface area contributed by atoms with Crippen molar-refractivity contribution in [2.45, 2.75) is 25.0 Å². The Kier molecular flexibility index (Phi) is 5.64. The molecule has 3 aliphatic heterocycles. The topological polar surface area (TPSA) is 136 Å². The fraction of sp³-hybridized carbons (Fsp3) is 0.524. The highest BCUT2D eigenvalue weighted by atomic mass is 16.5. The number of hydrogen-bond acceptors (Lipinski definition) is 10. The highest BCUT2D eigenvalue weighted by Crippen LogP contribution is 2.44. The van der Waals surface area contributed by atoms with Crippen molar-refractivity contribution in [3.63, 3.8) is 0 Å². The number of nitrogens with zero attached hydrogens (tertiary/aromatic N) is 7. The minimum Gasteiger partial charge on any atom is -0.456 e. The van der Waals surface area contributed by atoms with Gasteiger partial charge in [-0.05, 0) is 42.4 Å². The van der Waals surface area contributed by atoms with Crippen LogP contribution in [-0.4, -0.2) is 98.0 Å². The first-order chi connectivity index (χ1) is 16.0. The fourth-order valence-corrected chi connectivity index (χ4v) is 4.91.